The average molecular weight is 985 g/mol. The highest BCUT2D eigenvalue weighted by Gasteiger charge is 2.55. The van der Waals surface area contributed by atoms with E-state index in [9.17, 15) is 0 Å². The summed E-state index contributed by atoms with van der Waals surface area (Å²) in [4.78, 5) is 2.66. The summed E-state index contributed by atoms with van der Waals surface area (Å²) in [6.07, 6.45) is 16.9. The van der Waals surface area contributed by atoms with Gasteiger partial charge in [0.1, 0.15) is 11.2 Å². The highest BCUT2D eigenvalue weighted by Crippen LogP contribution is 2.64. The second-order valence-electron chi connectivity index (χ2n) is 27.3. The van der Waals surface area contributed by atoms with Crippen LogP contribution < -0.4 is 16.0 Å². The molecule has 0 amide bonds. The first-order valence-electron chi connectivity index (χ1n) is 29.4. The van der Waals surface area contributed by atoms with Crippen LogP contribution in [0.1, 0.15) is 115 Å². The molecule has 2 aromatic heterocycles. The summed E-state index contributed by atoms with van der Waals surface area (Å²) in [5.41, 5.74) is 22.5. The van der Waals surface area contributed by atoms with Crippen LogP contribution in [-0.2, 0) is 16.2 Å². The molecule has 0 radical (unpaired) electrons. The van der Waals surface area contributed by atoms with Crippen molar-refractivity contribution in [3.63, 3.8) is 0 Å². The van der Waals surface area contributed by atoms with Crippen molar-refractivity contribution in [3.8, 4) is 33.4 Å². The fourth-order valence-corrected chi connectivity index (χ4v) is 19.3. The van der Waals surface area contributed by atoms with Gasteiger partial charge in [0.05, 0.1) is 11.4 Å². The Balaban J connectivity index is 0.981. The predicted molar refractivity (Wildman–Crippen MR) is 317 cm³/mol. The van der Waals surface area contributed by atoms with E-state index in [0.29, 0.717) is 5.41 Å². The first-order valence-corrected chi connectivity index (χ1v) is 29.4. The molecule has 0 unspecified atom stereocenters. The zero-order valence-corrected chi connectivity index (χ0v) is 44.3. The van der Waals surface area contributed by atoms with Crippen molar-refractivity contribution in [2.45, 2.75) is 114 Å². The molecule has 0 N–H and O–H groups in total. The van der Waals surface area contributed by atoms with Crippen molar-refractivity contribution in [1.29, 1.82) is 0 Å². The average Bonchev–Trinajstić information content (AvgIpc) is 4.18. The number of aromatic nitrogens is 1. The molecule has 3 nitrogen and oxygen atoms in total. The number of hydrogen-bond acceptors (Lipinski definition) is 2. The van der Waals surface area contributed by atoms with Crippen LogP contribution in [0, 0.1) is 35.5 Å². The summed E-state index contributed by atoms with van der Waals surface area (Å²) in [6.45, 7) is 6.85. The van der Waals surface area contributed by atoms with Crippen LogP contribution in [0.15, 0.2) is 162 Å². The molecule has 0 atom stereocenters. The molecular weight excluding hydrogens is 920 g/mol. The highest BCUT2D eigenvalue weighted by molar-refractivity contribution is 6.89. The standard InChI is InChI=1S/C72H65BN2O/c1-70(2,3)53-18-20-62(56(32-53)49-14-8-5-9-15-49)74-64-30-52(48-12-6-4-7-13-48)29-58-60-35-55(72-39-45-25-46(40-72)27-47(26-45)41-72)34-59-57-33-54(71-36-42-22-43(37-71)24-44(23-42)38-71)19-21-63(57)75(67(59)60)73(66(58)64)69-68(74)61-28-50-16-10-11-17-51(50)31-65(61)76-69/h4-21,28-35,42-47H,22-27,36-41H2,1-3H3. The van der Waals surface area contributed by atoms with Crippen LogP contribution in [-0.4, -0.2) is 11.3 Å². The lowest BCUT2D eigenvalue weighted by Crippen LogP contribution is -2.56. The maximum atomic E-state index is 7.72. The summed E-state index contributed by atoms with van der Waals surface area (Å²) in [7, 11) is 0. The summed E-state index contributed by atoms with van der Waals surface area (Å²) in [5.74, 6) is 5.27. The van der Waals surface area contributed by atoms with E-state index in [4.69, 9.17) is 4.42 Å². The Morgan fingerprint density at radius 1 is 0.474 bits per heavy atom. The summed E-state index contributed by atoms with van der Waals surface area (Å²) in [5, 5.41) is 6.52. The molecule has 8 aliphatic carbocycles. The highest BCUT2D eigenvalue weighted by atomic mass is 16.3. The van der Waals surface area contributed by atoms with Gasteiger partial charge in [-0.2, -0.15) is 0 Å². The summed E-state index contributed by atoms with van der Waals surface area (Å²) >= 11 is 0. The van der Waals surface area contributed by atoms with Gasteiger partial charge in [-0.25, -0.2) is 0 Å². The molecule has 2 aliphatic heterocycles. The molecule has 4 heteroatoms. The van der Waals surface area contributed by atoms with Gasteiger partial charge >= 0.3 is 6.85 Å². The second kappa shape index (κ2) is 15.0. The predicted octanol–water partition coefficient (Wildman–Crippen LogP) is 17.7. The lowest BCUT2D eigenvalue weighted by molar-refractivity contribution is -0.00527. The van der Waals surface area contributed by atoms with Gasteiger partial charge in [-0.15, -0.1) is 0 Å². The van der Waals surface area contributed by atoms with Gasteiger partial charge in [0.2, 0.25) is 0 Å². The van der Waals surface area contributed by atoms with Gasteiger partial charge in [0.25, 0.3) is 0 Å². The Labute approximate surface area is 447 Å². The number of fused-ring (bicyclic) bond motifs is 10. The van der Waals surface area contributed by atoms with Crippen LogP contribution >= 0.6 is 0 Å². The van der Waals surface area contributed by atoms with Gasteiger partial charge in [-0.3, -0.25) is 0 Å². The number of anilines is 3. The molecule has 372 valence electrons. The van der Waals surface area contributed by atoms with Crippen molar-refractivity contribution in [2.75, 3.05) is 4.90 Å². The van der Waals surface area contributed by atoms with Crippen LogP contribution in [0.3, 0.4) is 0 Å². The van der Waals surface area contributed by atoms with Gasteiger partial charge in [0, 0.05) is 44.0 Å². The van der Waals surface area contributed by atoms with Crippen molar-refractivity contribution in [1.82, 2.24) is 4.48 Å². The molecular formula is C72H65BN2O. The molecule has 76 heavy (non-hydrogen) atoms. The Hall–Kier alpha value is -6.78. The topological polar surface area (TPSA) is 21.3 Å². The Morgan fingerprint density at radius 3 is 1.71 bits per heavy atom. The zero-order chi connectivity index (χ0) is 50.0. The van der Waals surface area contributed by atoms with E-state index in [1.165, 1.54) is 165 Å². The summed E-state index contributed by atoms with van der Waals surface area (Å²) < 4.78 is 10.5. The van der Waals surface area contributed by atoms with E-state index in [1.54, 1.807) is 11.1 Å². The number of hydrogen-bond donors (Lipinski definition) is 0. The molecule has 10 aliphatic rings. The molecule has 10 aromatic rings. The summed E-state index contributed by atoms with van der Waals surface area (Å²) in [6, 6.07) is 62.0. The largest absolute Gasteiger partial charge is 0.466 e. The third kappa shape index (κ3) is 5.97. The number of rotatable bonds is 5. The lowest BCUT2D eigenvalue weighted by Gasteiger charge is -2.57. The minimum Gasteiger partial charge on any atom is -0.466 e. The second-order valence-corrected chi connectivity index (χ2v) is 27.3. The molecule has 0 spiro atoms. The minimum absolute atomic E-state index is 0.0393. The number of nitrogens with zero attached hydrogens (tertiary/aromatic N) is 2. The van der Waals surface area contributed by atoms with E-state index in [-0.39, 0.29) is 17.7 Å². The van der Waals surface area contributed by atoms with E-state index in [0.717, 1.165) is 57.8 Å². The van der Waals surface area contributed by atoms with Crippen molar-refractivity contribution < 1.29 is 4.42 Å². The monoisotopic (exact) mass is 985 g/mol. The first-order chi connectivity index (χ1) is 37.1. The third-order valence-corrected chi connectivity index (χ3v) is 21.7. The fraction of sp³-hybridized carbons (Fsp3) is 0.333. The van der Waals surface area contributed by atoms with Crippen molar-refractivity contribution >= 4 is 78.6 Å². The maximum Gasteiger partial charge on any atom is 0.375 e. The van der Waals surface area contributed by atoms with Crippen LogP contribution in [0.4, 0.5) is 17.1 Å². The minimum atomic E-state index is -0.186. The van der Waals surface area contributed by atoms with Gasteiger partial charge in [0.15, 0.2) is 0 Å². The molecule has 8 aromatic carbocycles. The number of benzene rings is 8. The van der Waals surface area contributed by atoms with Gasteiger partial charge < -0.3 is 13.8 Å². The first kappa shape index (κ1) is 43.3. The van der Waals surface area contributed by atoms with Crippen LogP contribution in [0.2, 0.25) is 0 Å². The molecule has 8 saturated carbocycles. The quantitative estimate of drug-likeness (QED) is 0.160. The van der Waals surface area contributed by atoms with Crippen molar-refractivity contribution in [3.05, 3.63) is 174 Å². The Kier molecular flexibility index (Phi) is 8.57. The molecule has 0 saturated heterocycles. The molecule has 8 bridgehead atoms. The van der Waals surface area contributed by atoms with E-state index < -0.39 is 0 Å². The van der Waals surface area contributed by atoms with E-state index in [2.05, 4.69) is 188 Å². The zero-order valence-electron chi connectivity index (χ0n) is 44.3. The molecule has 4 heterocycles. The molecule has 20 rings (SSSR count). The molecule has 8 fully saturated rings. The SMILES string of the molecule is CC(C)(C)c1ccc(N2c3cc(-c4ccccc4)cc4c3B(c3oc5cc6ccccc6cc5c32)n2c3ccc(C56CC7CC(CC(C7)C5)C6)cc3c3cc(C56CC7CC(CC(C7)C5)C6)cc-4c32)c(-c2ccccc2)c1. The van der Waals surface area contributed by atoms with Gasteiger partial charge in [-0.05, 0) is 245 Å². The van der Waals surface area contributed by atoms with E-state index >= 15 is 0 Å². The fourth-order valence-electron chi connectivity index (χ4n) is 19.3. The smallest absolute Gasteiger partial charge is 0.375 e. The van der Waals surface area contributed by atoms with Crippen molar-refractivity contribution in [2.24, 2.45) is 35.5 Å². The van der Waals surface area contributed by atoms with Crippen LogP contribution in [0.25, 0.3) is 76.9 Å². The van der Waals surface area contributed by atoms with E-state index in [1.807, 2.05) is 0 Å². The number of furan rings is 1. The lowest BCUT2D eigenvalue weighted by atomic mass is 9.46. The maximum absolute atomic E-state index is 7.72. The normalized spacial score (nSPS) is 27.4. The Bertz CT molecular complexity index is 4060. The van der Waals surface area contributed by atoms with Crippen LogP contribution in [0.5, 0.6) is 0 Å². The Morgan fingerprint density at radius 2 is 1.07 bits per heavy atom. The third-order valence-electron chi connectivity index (χ3n) is 21.7. The van der Waals surface area contributed by atoms with Gasteiger partial charge in [-0.1, -0.05) is 118 Å².